The van der Waals surface area contributed by atoms with E-state index in [1.54, 1.807) is 22.1 Å². The summed E-state index contributed by atoms with van der Waals surface area (Å²) in [6.45, 7) is 4.75. The van der Waals surface area contributed by atoms with Gasteiger partial charge in [-0.2, -0.15) is 0 Å². The van der Waals surface area contributed by atoms with Crippen LogP contribution in [0.1, 0.15) is 30.7 Å². The average Bonchev–Trinajstić information content (AvgIpc) is 3.54. The van der Waals surface area contributed by atoms with Crippen LogP contribution in [0, 0.1) is 0 Å². The van der Waals surface area contributed by atoms with Crippen LogP contribution in [-0.4, -0.2) is 47.6 Å². The SMILES string of the molecule is CC(C)N(CC(=O)N(Cc1ccc2c(c1)OCO2)Cc1ccco1)C(=O)COCc1ccccc1. The van der Waals surface area contributed by atoms with Gasteiger partial charge < -0.3 is 28.4 Å². The van der Waals surface area contributed by atoms with Gasteiger partial charge in [-0.15, -0.1) is 0 Å². The molecule has 8 heteroatoms. The number of ether oxygens (including phenoxy) is 3. The summed E-state index contributed by atoms with van der Waals surface area (Å²) in [6.07, 6.45) is 1.58. The maximum absolute atomic E-state index is 13.4. The third-order valence-corrected chi connectivity index (χ3v) is 5.68. The second-order valence-corrected chi connectivity index (χ2v) is 8.61. The first-order valence-corrected chi connectivity index (χ1v) is 11.6. The Morgan fingerprint density at radius 3 is 2.46 bits per heavy atom. The molecule has 0 radical (unpaired) electrons. The van der Waals surface area contributed by atoms with E-state index in [9.17, 15) is 9.59 Å². The fourth-order valence-electron chi connectivity index (χ4n) is 3.80. The monoisotopic (exact) mass is 478 g/mol. The summed E-state index contributed by atoms with van der Waals surface area (Å²) in [5.74, 6) is 1.58. The maximum Gasteiger partial charge on any atom is 0.249 e. The fraction of sp³-hybridized carbons (Fsp3) is 0.333. The zero-order valence-corrected chi connectivity index (χ0v) is 20.0. The van der Waals surface area contributed by atoms with Gasteiger partial charge >= 0.3 is 0 Å². The van der Waals surface area contributed by atoms with Gasteiger partial charge in [-0.3, -0.25) is 9.59 Å². The van der Waals surface area contributed by atoms with Crippen molar-refractivity contribution in [1.82, 2.24) is 9.80 Å². The normalized spacial score (nSPS) is 12.1. The van der Waals surface area contributed by atoms with Crippen LogP contribution in [0.25, 0.3) is 0 Å². The Balaban J connectivity index is 1.41. The Bertz CT molecular complexity index is 1110. The topological polar surface area (TPSA) is 81.5 Å². The molecule has 0 spiro atoms. The number of amides is 2. The third-order valence-electron chi connectivity index (χ3n) is 5.68. The van der Waals surface area contributed by atoms with Crippen molar-refractivity contribution in [2.45, 2.75) is 39.6 Å². The second-order valence-electron chi connectivity index (χ2n) is 8.61. The number of fused-ring (bicyclic) bond motifs is 1. The Hall–Kier alpha value is -3.78. The number of furan rings is 1. The van der Waals surface area contributed by atoms with Crippen LogP contribution in [0.2, 0.25) is 0 Å². The summed E-state index contributed by atoms with van der Waals surface area (Å²) in [6, 6.07) is 18.7. The molecule has 0 aliphatic carbocycles. The predicted molar refractivity (Wildman–Crippen MR) is 128 cm³/mol. The van der Waals surface area contributed by atoms with Gasteiger partial charge in [0.2, 0.25) is 18.6 Å². The second kappa shape index (κ2) is 11.6. The average molecular weight is 479 g/mol. The van der Waals surface area contributed by atoms with Gasteiger partial charge in [-0.05, 0) is 49.2 Å². The molecule has 4 rings (SSSR count). The number of carbonyl (C=O) groups is 2. The number of nitrogens with zero attached hydrogens (tertiary/aromatic N) is 2. The van der Waals surface area contributed by atoms with E-state index < -0.39 is 0 Å². The first-order valence-electron chi connectivity index (χ1n) is 11.6. The highest BCUT2D eigenvalue weighted by Gasteiger charge is 2.25. The van der Waals surface area contributed by atoms with Crippen molar-refractivity contribution in [3.8, 4) is 11.5 Å². The fourth-order valence-corrected chi connectivity index (χ4v) is 3.80. The van der Waals surface area contributed by atoms with Crippen LogP contribution >= 0.6 is 0 Å². The molecule has 8 nitrogen and oxygen atoms in total. The summed E-state index contributed by atoms with van der Waals surface area (Å²) in [5, 5.41) is 0. The Morgan fingerprint density at radius 2 is 1.71 bits per heavy atom. The number of hydrogen-bond acceptors (Lipinski definition) is 6. The Morgan fingerprint density at radius 1 is 0.914 bits per heavy atom. The van der Waals surface area contributed by atoms with Gasteiger partial charge in [0.15, 0.2) is 11.5 Å². The maximum atomic E-state index is 13.4. The van der Waals surface area contributed by atoms with Crippen molar-refractivity contribution in [3.63, 3.8) is 0 Å². The van der Waals surface area contributed by atoms with Crippen LogP contribution in [0.15, 0.2) is 71.3 Å². The molecule has 0 fully saturated rings. The van der Waals surface area contributed by atoms with Gasteiger partial charge in [0, 0.05) is 12.6 Å². The van der Waals surface area contributed by atoms with E-state index in [1.165, 1.54) is 0 Å². The van der Waals surface area contributed by atoms with Crippen LogP contribution in [0.5, 0.6) is 11.5 Å². The molecule has 3 aromatic rings. The van der Waals surface area contributed by atoms with Crippen LogP contribution in [-0.2, 0) is 34.0 Å². The van der Waals surface area contributed by atoms with Crippen molar-refractivity contribution in [3.05, 3.63) is 83.8 Å². The Labute approximate surface area is 205 Å². The minimum atomic E-state index is -0.231. The molecule has 1 aromatic heterocycles. The molecule has 2 amide bonds. The van der Waals surface area contributed by atoms with Crippen LogP contribution in [0.3, 0.4) is 0 Å². The van der Waals surface area contributed by atoms with Gasteiger partial charge in [0.1, 0.15) is 18.9 Å². The zero-order chi connectivity index (χ0) is 24.6. The lowest BCUT2D eigenvalue weighted by Gasteiger charge is -2.30. The molecule has 0 unspecified atom stereocenters. The molecule has 1 aliphatic rings. The number of rotatable bonds is 11. The first-order chi connectivity index (χ1) is 17.0. The molecule has 2 aromatic carbocycles. The van der Waals surface area contributed by atoms with Crippen molar-refractivity contribution >= 4 is 11.8 Å². The Kier molecular flexibility index (Phi) is 8.05. The molecule has 2 heterocycles. The molecule has 35 heavy (non-hydrogen) atoms. The van der Waals surface area contributed by atoms with Crippen molar-refractivity contribution < 1.29 is 28.2 Å². The quantitative estimate of drug-likeness (QED) is 0.415. The lowest BCUT2D eigenvalue weighted by molar-refractivity contribution is -0.145. The summed E-state index contributed by atoms with van der Waals surface area (Å²) >= 11 is 0. The minimum Gasteiger partial charge on any atom is -0.467 e. The highest BCUT2D eigenvalue weighted by atomic mass is 16.7. The van der Waals surface area contributed by atoms with E-state index >= 15 is 0 Å². The lowest BCUT2D eigenvalue weighted by Crippen LogP contribution is -2.46. The molecule has 0 saturated carbocycles. The first kappa shape index (κ1) is 24.3. The molecule has 0 bridgehead atoms. The zero-order valence-electron chi connectivity index (χ0n) is 20.0. The highest BCUT2D eigenvalue weighted by molar-refractivity contribution is 5.85. The molecule has 1 aliphatic heterocycles. The smallest absolute Gasteiger partial charge is 0.249 e. The van der Waals surface area contributed by atoms with Gasteiger partial charge in [-0.1, -0.05) is 36.4 Å². The van der Waals surface area contributed by atoms with Crippen molar-refractivity contribution in [1.29, 1.82) is 0 Å². The summed E-state index contributed by atoms with van der Waals surface area (Å²) < 4.78 is 22.0. The van der Waals surface area contributed by atoms with E-state index in [4.69, 9.17) is 18.6 Å². The van der Waals surface area contributed by atoms with E-state index in [1.807, 2.05) is 68.4 Å². The largest absolute Gasteiger partial charge is 0.467 e. The number of benzene rings is 2. The highest BCUT2D eigenvalue weighted by Crippen LogP contribution is 2.33. The minimum absolute atomic E-state index is 0.0591. The van der Waals surface area contributed by atoms with Gasteiger partial charge in [-0.25, -0.2) is 0 Å². The van der Waals surface area contributed by atoms with E-state index in [2.05, 4.69) is 0 Å². The van der Waals surface area contributed by atoms with Crippen molar-refractivity contribution in [2.75, 3.05) is 19.9 Å². The molecular weight excluding hydrogens is 448 g/mol. The summed E-state index contributed by atoms with van der Waals surface area (Å²) in [7, 11) is 0. The standard InChI is InChI=1S/C27H30N2O6/c1-20(2)29(27(31)18-32-17-21-7-4-3-5-8-21)16-26(30)28(15-23-9-6-12-33-23)14-22-10-11-24-25(13-22)35-19-34-24/h3-13,20H,14-19H2,1-2H3. The predicted octanol–water partition coefficient (Wildman–Crippen LogP) is 3.99. The van der Waals surface area contributed by atoms with E-state index in [0.29, 0.717) is 30.4 Å². The molecule has 0 atom stereocenters. The van der Waals surface area contributed by atoms with Crippen molar-refractivity contribution in [2.24, 2.45) is 0 Å². The van der Waals surface area contributed by atoms with E-state index in [0.717, 1.165) is 11.1 Å². The van der Waals surface area contributed by atoms with Gasteiger partial charge in [0.05, 0.1) is 19.4 Å². The van der Waals surface area contributed by atoms with Crippen LogP contribution < -0.4 is 9.47 Å². The van der Waals surface area contributed by atoms with E-state index in [-0.39, 0.29) is 44.3 Å². The van der Waals surface area contributed by atoms with Crippen LogP contribution in [0.4, 0.5) is 0 Å². The van der Waals surface area contributed by atoms with Gasteiger partial charge in [0.25, 0.3) is 0 Å². The lowest BCUT2D eigenvalue weighted by atomic mass is 10.1. The summed E-state index contributed by atoms with van der Waals surface area (Å²) in [5.41, 5.74) is 1.88. The third kappa shape index (κ3) is 6.64. The number of hydrogen-bond donors (Lipinski definition) is 0. The summed E-state index contributed by atoms with van der Waals surface area (Å²) in [4.78, 5) is 29.5. The molecule has 0 saturated heterocycles. The number of carbonyl (C=O) groups excluding carboxylic acids is 2. The molecule has 184 valence electrons. The molecular formula is C27H30N2O6. The molecule has 0 N–H and O–H groups in total.